The maximum absolute atomic E-state index is 12.6. The fraction of sp³-hybridized carbons (Fsp3) is 0.500. The van der Waals surface area contributed by atoms with E-state index in [1.807, 2.05) is 13.8 Å². The van der Waals surface area contributed by atoms with Gasteiger partial charge in [0.2, 0.25) is 0 Å². The van der Waals surface area contributed by atoms with Crippen LogP contribution >= 0.6 is 15.9 Å². The third kappa shape index (κ3) is 4.00. The summed E-state index contributed by atoms with van der Waals surface area (Å²) in [6.07, 6.45) is -3.67. The van der Waals surface area contributed by atoms with Gasteiger partial charge in [-0.05, 0) is 36.1 Å². The van der Waals surface area contributed by atoms with Crippen molar-refractivity contribution in [1.29, 1.82) is 0 Å². The van der Waals surface area contributed by atoms with Gasteiger partial charge in [-0.1, -0.05) is 29.8 Å². The maximum Gasteiger partial charge on any atom is 0.416 e. The number of rotatable bonds is 3. The molecule has 0 heterocycles. The van der Waals surface area contributed by atoms with E-state index in [0.29, 0.717) is 22.4 Å². The molecule has 17 heavy (non-hydrogen) atoms. The summed E-state index contributed by atoms with van der Waals surface area (Å²) in [4.78, 5) is 0. The van der Waals surface area contributed by atoms with Crippen molar-refractivity contribution in [2.45, 2.75) is 32.5 Å². The van der Waals surface area contributed by atoms with E-state index in [1.54, 1.807) is 0 Å². The molecule has 0 aliphatic heterocycles. The van der Waals surface area contributed by atoms with Gasteiger partial charge in [0.25, 0.3) is 0 Å². The monoisotopic (exact) mass is 309 g/mol. The molecule has 1 aromatic rings. The van der Waals surface area contributed by atoms with Crippen LogP contribution in [0.1, 0.15) is 37.4 Å². The molecule has 0 aliphatic rings. The Kier molecular flexibility index (Phi) is 4.61. The van der Waals surface area contributed by atoms with Crippen molar-refractivity contribution in [3.63, 3.8) is 0 Å². The van der Waals surface area contributed by atoms with Gasteiger partial charge in [-0.15, -0.1) is 0 Å². The molecule has 0 saturated heterocycles. The largest absolute Gasteiger partial charge is 0.416 e. The molecule has 0 saturated carbocycles. The fourth-order valence-corrected chi connectivity index (χ4v) is 2.18. The summed E-state index contributed by atoms with van der Waals surface area (Å²) in [7, 11) is 0. The molecule has 2 N–H and O–H groups in total. The van der Waals surface area contributed by atoms with E-state index in [0.717, 1.165) is 12.1 Å². The quantitative estimate of drug-likeness (QED) is 0.873. The van der Waals surface area contributed by atoms with Gasteiger partial charge in [0.05, 0.1) is 5.56 Å². The number of halogens is 4. The highest BCUT2D eigenvalue weighted by atomic mass is 79.9. The Morgan fingerprint density at radius 1 is 1.29 bits per heavy atom. The summed E-state index contributed by atoms with van der Waals surface area (Å²) >= 11 is 3.24. The number of benzene rings is 1. The van der Waals surface area contributed by atoms with Crippen LogP contribution in [0.2, 0.25) is 0 Å². The van der Waals surface area contributed by atoms with E-state index < -0.39 is 11.7 Å². The summed E-state index contributed by atoms with van der Waals surface area (Å²) in [5.41, 5.74) is 5.76. The predicted molar refractivity (Wildman–Crippen MR) is 65.5 cm³/mol. The second-order valence-electron chi connectivity index (χ2n) is 4.47. The molecule has 0 aromatic heterocycles. The number of alkyl halides is 3. The molecular weight excluding hydrogens is 295 g/mol. The average Bonchev–Trinajstić information content (AvgIpc) is 2.15. The predicted octanol–water partition coefficient (Wildman–Crippen LogP) is 4.51. The molecule has 0 unspecified atom stereocenters. The van der Waals surface area contributed by atoms with Gasteiger partial charge in [-0.25, -0.2) is 0 Å². The van der Waals surface area contributed by atoms with Gasteiger partial charge in [0.15, 0.2) is 0 Å². The summed E-state index contributed by atoms with van der Waals surface area (Å²) in [6, 6.07) is 3.19. The van der Waals surface area contributed by atoms with E-state index >= 15 is 0 Å². The third-order valence-corrected chi connectivity index (χ3v) is 3.17. The zero-order chi connectivity index (χ0) is 13.2. The minimum atomic E-state index is -4.33. The summed E-state index contributed by atoms with van der Waals surface area (Å²) in [5.74, 6) is 0.339. The zero-order valence-corrected chi connectivity index (χ0v) is 11.3. The van der Waals surface area contributed by atoms with Crippen molar-refractivity contribution in [3.8, 4) is 0 Å². The standard InChI is InChI=1S/C12H15BrF3N/c1-7(2)5-11(17)9-6-8(12(14,15)16)3-4-10(9)13/h3-4,6-7,11H,5,17H2,1-2H3/t11-/m1/s1. The van der Waals surface area contributed by atoms with Crippen molar-refractivity contribution in [3.05, 3.63) is 33.8 Å². The number of hydrogen-bond donors (Lipinski definition) is 1. The van der Waals surface area contributed by atoms with Crippen LogP contribution in [0.5, 0.6) is 0 Å². The highest BCUT2D eigenvalue weighted by molar-refractivity contribution is 9.10. The Bertz CT molecular complexity index is 388. The smallest absolute Gasteiger partial charge is 0.324 e. The molecule has 0 bridgehead atoms. The summed E-state index contributed by atoms with van der Waals surface area (Å²) in [5, 5.41) is 0. The van der Waals surface area contributed by atoms with Gasteiger partial charge in [-0.2, -0.15) is 13.2 Å². The first-order valence-corrected chi connectivity index (χ1v) is 6.13. The van der Waals surface area contributed by atoms with Crippen LogP contribution in [-0.2, 0) is 6.18 Å². The first-order chi connectivity index (χ1) is 7.71. The molecule has 0 aliphatic carbocycles. The minimum Gasteiger partial charge on any atom is -0.324 e. The van der Waals surface area contributed by atoms with E-state index in [9.17, 15) is 13.2 Å². The van der Waals surface area contributed by atoms with Gasteiger partial charge in [0, 0.05) is 10.5 Å². The molecule has 0 fully saturated rings. The highest BCUT2D eigenvalue weighted by Gasteiger charge is 2.31. The second kappa shape index (κ2) is 5.40. The van der Waals surface area contributed by atoms with Gasteiger partial charge in [0.1, 0.15) is 0 Å². The zero-order valence-electron chi connectivity index (χ0n) is 9.68. The summed E-state index contributed by atoms with van der Waals surface area (Å²) in [6.45, 7) is 3.97. The van der Waals surface area contributed by atoms with E-state index in [-0.39, 0.29) is 6.04 Å². The molecule has 1 aromatic carbocycles. The topological polar surface area (TPSA) is 26.0 Å². The van der Waals surface area contributed by atoms with Crippen LogP contribution in [0.15, 0.2) is 22.7 Å². The van der Waals surface area contributed by atoms with Crippen LogP contribution in [0.4, 0.5) is 13.2 Å². The van der Waals surface area contributed by atoms with Crippen LogP contribution in [0.25, 0.3) is 0 Å². The third-order valence-electron chi connectivity index (χ3n) is 2.45. The molecule has 1 nitrogen and oxygen atoms in total. The van der Waals surface area contributed by atoms with Crippen molar-refractivity contribution in [2.24, 2.45) is 11.7 Å². The Morgan fingerprint density at radius 2 is 1.88 bits per heavy atom. The molecule has 1 atom stereocenters. The molecule has 96 valence electrons. The molecule has 5 heteroatoms. The van der Waals surface area contributed by atoms with Crippen molar-refractivity contribution < 1.29 is 13.2 Å². The van der Waals surface area contributed by atoms with Crippen molar-refractivity contribution in [2.75, 3.05) is 0 Å². The second-order valence-corrected chi connectivity index (χ2v) is 5.32. The van der Waals surface area contributed by atoms with E-state index in [4.69, 9.17) is 5.73 Å². The van der Waals surface area contributed by atoms with Crippen LogP contribution in [0, 0.1) is 5.92 Å². The van der Waals surface area contributed by atoms with E-state index in [2.05, 4.69) is 15.9 Å². The average molecular weight is 310 g/mol. The molecule has 1 rings (SSSR count). The lowest BCUT2D eigenvalue weighted by molar-refractivity contribution is -0.137. The Balaban J connectivity index is 3.06. The Labute approximate surface area is 107 Å². The SMILES string of the molecule is CC(C)C[C@@H](N)c1cc(C(F)(F)F)ccc1Br. The molecule has 0 amide bonds. The lowest BCUT2D eigenvalue weighted by Crippen LogP contribution is -2.15. The molecular formula is C12H15BrF3N. The molecule has 0 radical (unpaired) electrons. The highest BCUT2D eigenvalue weighted by Crippen LogP contribution is 2.34. The van der Waals surface area contributed by atoms with Gasteiger partial charge in [-0.3, -0.25) is 0 Å². The van der Waals surface area contributed by atoms with Crippen molar-refractivity contribution in [1.82, 2.24) is 0 Å². The lowest BCUT2D eigenvalue weighted by Gasteiger charge is -2.18. The Hall–Kier alpha value is -0.550. The Morgan fingerprint density at radius 3 is 2.35 bits per heavy atom. The van der Waals surface area contributed by atoms with E-state index in [1.165, 1.54) is 6.07 Å². The number of nitrogens with two attached hydrogens (primary N) is 1. The van der Waals surface area contributed by atoms with Crippen LogP contribution in [-0.4, -0.2) is 0 Å². The van der Waals surface area contributed by atoms with Crippen LogP contribution in [0.3, 0.4) is 0 Å². The normalized spacial score (nSPS) is 14.1. The maximum atomic E-state index is 12.6. The summed E-state index contributed by atoms with van der Waals surface area (Å²) < 4.78 is 38.3. The molecule has 0 spiro atoms. The fourth-order valence-electron chi connectivity index (χ4n) is 1.64. The van der Waals surface area contributed by atoms with Gasteiger partial charge < -0.3 is 5.73 Å². The van der Waals surface area contributed by atoms with Gasteiger partial charge >= 0.3 is 6.18 Å². The number of hydrogen-bond acceptors (Lipinski definition) is 1. The van der Waals surface area contributed by atoms with Crippen molar-refractivity contribution >= 4 is 15.9 Å². The van der Waals surface area contributed by atoms with Crippen LogP contribution < -0.4 is 5.73 Å². The first-order valence-electron chi connectivity index (χ1n) is 5.34. The lowest BCUT2D eigenvalue weighted by atomic mass is 9.96. The first kappa shape index (κ1) is 14.5. The minimum absolute atomic E-state index is 0.339.